The molecule has 0 spiro atoms. The summed E-state index contributed by atoms with van der Waals surface area (Å²) >= 11 is 5.32. The van der Waals surface area contributed by atoms with E-state index in [0.29, 0.717) is 0 Å². The first-order valence-electron chi connectivity index (χ1n) is 9.64. The quantitative estimate of drug-likeness (QED) is 0.451. The molecular formula is C8H15ClO. The van der Waals surface area contributed by atoms with Crippen molar-refractivity contribution in [3.8, 4) is 0 Å². The van der Waals surface area contributed by atoms with Gasteiger partial charge in [-0.2, -0.15) is 0 Å². The van der Waals surface area contributed by atoms with Gasteiger partial charge in [0, 0.05) is 30.9 Å². The molecule has 0 amide bonds. The Morgan fingerprint density at radius 2 is 2.70 bits per heavy atom. The van der Waals surface area contributed by atoms with E-state index in [1.807, 2.05) is 0 Å². The largest absolute Gasteiger partial charge is 0.303 e. The second-order valence-electron chi connectivity index (χ2n) is 1.04. The molecule has 1 nitrogen and oxygen atoms in total. The van der Waals surface area contributed by atoms with Crippen molar-refractivity contribution in [1.29, 1.82) is 0 Å². The van der Waals surface area contributed by atoms with Crippen LogP contribution in [0, 0.1) is 0 Å². The van der Waals surface area contributed by atoms with Gasteiger partial charge < -0.3 is 4.79 Å². The van der Waals surface area contributed by atoms with Gasteiger partial charge in [0.05, 0.1) is 0 Å². The van der Waals surface area contributed by atoms with Crippen LogP contribution in [0.15, 0.2) is 0 Å². The summed E-state index contributed by atoms with van der Waals surface area (Å²) in [5.41, 5.74) is 0. The predicted molar refractivity (Wildman–Crippen MR) is 44.5 cm³/mol. The predicted octanol–water partition coefficient (Wildman–Crippen LogP) is 2.76. The standard InChI is InChI=1S/C8H15ClO/c1-8(9)6-4-2-3-5-7-10/h7-8H,2-6H2,1H3/i1D3,2D2,3D2,4D2,5D2,6D2,7D,8D. The molecule has 0 saturated heterocycles. The maximum atomic E-state index is 11.0. The molecule has 0 aromatic carbocycles. The Labute approximate surface area is 88.8 Å². The summed E-state index contributed by atoms with van der Waals surface area (Å²) in [4.78, 5) is 11.0. The fourth-order valence-electron chi connectivity index (χ4n) is 0.174. The van der Waals surface area contributed by atoms with Crippen LogP contribution in [0.1, 0.15) is 59.3 Å². The molecule has 0 N–H and O–H groups in total. The molecule has 0 aliphatic carbocycles. The lowest BCUT2D eigenvalue weighted by Crippen LogP contribution is -1.89. The fraction of sp³-hybridized carbons (Fsp3) is 0.875. The Morgan fingerprint density at radius 3 is 3.30 bits per heavy atom. The minimum absolute atomic E-state index is 2.24. The lowest BCUT2D eigenvalue weighted by Gasteiger charge is -1.99. The van der Waals surface area contributed by atoms with Crippen LogP contribution in [0.5, 0.6) is 0 Å². The van der Waals surface area contributed by atoms with Gasteiger partial charge in [0.2, 0.25) is 0 Å². The third-order valence-electron chi connectivity index (χ3n) is 0.411. The molecular weight excluding hydrogens is 148 g/mol. The van der Waals surface area contributed by atoms with Crippen LogP contribution in [0.2, 0.25) is 0 Å². The van der Waals surface area contributed by atoms with Crippen LogP contribution in [0.25, 0.3) is 0 Å². The number of rotatable bonds is 6. The number of hydrogen-bond donors (Lipinski definition) is 0. The second kappa shape index (κ2) is 7.07. The van der Waals surface area contributed by atoms with Gasteiger partial charge in [-0.05, 0) is 19.6 Å². The highest BCUT2D eigenvalue weighted by molar-refractivity contribution is 6.20. The molecule has 1 unspecified atom stereocenters. The van der Waals surface area contributed by atoms with Crippen molar-refractivity contribution in [1.82, 2.24) is 0 Å². The van der Waals surface area contributed by atoms with E-state index in [0.717, 1.165) is 0 Å². The zero-order valence-corrected chi connectivity index (χ0v) is 5.54. The van der Waals surface area contributed by atoms with Gasteiger partial charge in [-0.3, -0.25) is 0 Å². The summed E-state index contributed by atoms with van der Waals surface area (Å²) in [6.07, 6.45) is -22.8. The first-order chi connectivity index (χ1) is 10.4. The smallest absolute Gasteiger partial charge is 0.119 e. The summed E-state index contributed by atoms with van der Waals surface area (Å²) in [5.74, 6) is 0. The number of carbonyl (C=O) groups excluding carboxylic acids is 1. The molecule has 60 valence electrons. The maximum absolute atomic E-state index is 11.0. The summed E-state index contributed by atoms with van der Waals surface area (Å²) in [7, 11) is 0. The zero-order valence-electron chi connectivity index (χ0n) is 19.8. The molecule has 0 aliphatic rings. The molecule has 0 aliphatic heterocycles. The molecule has 0 rings (SSSR count). The van der Waals surface area contributed by atoms with Gasteiger partial charge in [0.15, 0.2) is 0 Å². The van der Waals surface area contributed by atoms with E-state index < -0.39 is 50.3 Å². The minimum Gasteiger partial charge on any atom is -0.303 e. The van der Waals surface area contributed by atoms with Crippen molar-refractivity contribution in [2.24, 2.45) is 0 Å². The Balaban J connectivity index is 6.55. The number of hydrogen-bond acceptors (Lipinski definition) is 1. The van der Waals surface area contributed by atoms with E-state index in [9.17, 15) is 4.79 Å². The van der Waals surface area contributed by atoms with Crippen LogP contribution in [0.4, 0.5) is 0 Å². The zero-order chi connectivity index (χ0) is 21.1. The van der Waals surface area contributed by atoms with Crippen molar-refractivity contribution >= 4 is 17.9 Å². The number of carbonyl (C=O) groups is 1. The highest BCUT2D eigenvalue weighted by Gasteiger charge is 1.94. The number of halogens is 1. The molecule has 0 saturated carbocycles. The van der Waals surface area contributed by atoms with E-state index >= 15 is 0 Å². The van der Waals surface area contributed by atoms with E-state index in [1.165, 1.54) is 0 Å². The van der Waals surface area contributed by atoms with Crippen molar-refractivity contribution in [2.75, 3.05) is 0 Å². The molecule has 0 fully saturated rings. The molecule has 0 bridgehead atoms. The van der Waals surface area contributed by atoms with Crippen molar-refractivity contribution in [3.05, 3.63) is 0 Å². The highest BCUT2D eigenvalue weighted by Crippen LogP contribution is 2.08. The summed E-state index contributed by atoms with van der Waals surface area (Å²) in [6.45, 7) is -3.67. The van der Waals surface area contributed by atoms with Crippen molar-refractivity contribution < 1.29 is 25.4 Å². The third-order valence-corrected chi connectivity index (χ3v) is 0.505. The van der Waals surface area contributed by atoms with Crippen LogP contribution >= 0.6 is 11.6 Å². The Hall–Kier alpha value is -0.0400. The van der Waals surface area contributed by atoms with Gasteiger partial charge in [-0.1, -0.05) is 12.7 Å². The van der Waals surface area contributed by atoms with E-state index in [2.05, 4.69) is 0 Å². The fourth-order valence-corrected chi connectivity index (χ4v) is 0.221. The topological polar surface area (TPSA) is 17.1 Å². The normalized spacial score (nSPS) is 46.7. The Kier molecular flexibility index (Phi) is 0.985. The van der Waals surface area contributed by atoms with Crippen molar-refractivity contribution in [3.63, 3.8) is 0 Å². The van der Waals surface area contributed by atoms with Crippen LogP contribution in [-0.4, -0.2) is 11.6 Å². The second-order valence-corrected chi connectivity index (χ2v) is 1.42. The van der Waals surface area contributed by atoms with E-state index in [1.54, 1.807) is 0 Å². The van der Waals surface area contributed by atoms with Gasteiger partial charge in [-0.25, -0.2) is 0 Å². The lowest BCUT2D eigenvalue weighted by molar-refractivity contribution is -0.107. The monoisotopic (exact) mass is 177 g/mol. The van der Waals surface area contributed by atoms with E-state index in [4.69, 9.17) is 32.2 Å². The first kappa shape index (κ1) is 1.39. The Morgan fingerprint density at radius 1 is 1.90 bits per heavy atom. The highest BCUT2D eigenvalue weighted by atomic mass is 35.5. The summed E-state index contributed by atoms with van der Waals surface area (Å²) in [5, 5.41) is -3.77. The average molecular weight is 178 g/mol. The Bertz CT molecular complexity index is 532. The molecule has 0 aromatic rings. The minimum atomic E-state index is -4.21. The first-order valence-corrected chi connectivity index (χ1v) is 2.52. The molecule has 0 radical (unpaired) electrons. The third kappa shape index (κ3) is 7.96. The average Bonchev–Trinajstić information content (AvgIpc) is 2.35. The number of alkyl halides is 1. The maximum Gasteiger partial charge on any atom is 0.119 e. The molecule has 1 atom stereocenters. The van der Waals surface area contributed by atoms with E-state index in [-0.39, 0.29) is 0 Å². The SMILES string of the molecule is [2H]C(=O)C([2H])([2H])C([2H])([2H])C([2H])([2H])C([2H])([2H])C([2H])([2H])C([2H])(Cl)C([2H])([2H])[2H]. The molecule has 2 heteroatoms. The van der Waals surface area contributed by atoms with Gasteiger partial charge in [0.25, 0.3) is 0 Å². The van der Waals surface area contributed by atoms with Gasteiger partial charge >= 0.3 is 0 Å². The summed E-state index contributed by atoms with van der Waals surface area (Å²) < 4.78 is 110. The molecule has 0 aromatic heterocycles. The van der Waals surface area contributed by atoms with Gasteiger partial charge in [0.1, 0.15) is 7.63 Å². The van der Waals surface area contributed by atoms with Gasteiger partial charge in [-0.15, -0.1) is 11.6 Å². The van der Waals surface area contributed by atoms with Crippen molar-refractivity contribution in [2.45, 2.75) is 44.1 Å². The van der Waals surface area contributed by atoms with Crippen LogP contribution in [0.3, 0.4) is 0 Å². The lowest BCUT2D eigenvalue weighted by atomic mass is 10.1. The molecule has 10 heavy (non-hydrogen) atoms. The number of aldehydes is 1. The molecule has 0 heterocycles. The van der Waals surface area contributed by atoms with Crippen LogP contribution < -0.4 is 0 Å². The summed E-state index contributed by atoms with van der Waals surface area (Å²) in [6, 6.07) is 0. The van der Waals surface area contributed by atoms with Crippen LogP contribution in [-0.2, 0) is 4.79 Å².